The molecule has 108 valence electrons. The molecule has 3 unspecified atom stereocenters. The third kappa shape index (κ3) is 3.06. The van der Waals surface area contributed by atoms with Crippen LogP contribution >= 0.6 is 0 Å². The van der Waals surface area contributed by atoms with Crippen molar-refractivity contribution in [1.29, 1.82) is 0 Å². The van der Waals surface area contributed by atoms with Gasteiger partial charge in [0.25, 0.3) is 5.91 Å². The lowest BCUT2D eigenvalue weighted by Crippen LogP contribution is -2.52. The van der Waals surface area contributed by atoms with Crippen molar-refractivity contribution in [3.05, 3.63) is 0 Å². The van der Waals surface area contributed by atoms with E-state index in [0.717, 1.165) is 0 Å². The van der Waals surface area contributed by atoms with E-state index in [1.54, 1.807) is 6.92 Å². The largest absolute Gasteiger partial charge is 0.479 e. The summed E-state index contributed by atoms with van der Waals surface area (Å²) in [7, 11) is -3.07. The van der Waals surface area contributed by atoms with Gasteiger partial charge in [-0.25, -0.2) is 13.2 Å². The summed E-state index contributed by atoms with van der Waals surface area (Å²) in [6, 6.07) is -0.390. The standard InChI is InChI=1S/C11H17NO6S/c1-7-6-19(16,17)5-4-12(7)10(13)8-2-3-9(18-8)11(14)15/h7-9H,2-6H2,1H3,(H,14,15). The Labute approximate surface area is 111 Å². The Kier molecular flexibility index (Phi) is 3.82. The zero-order valence-electron chi connectivity index (χ0n) is 10.6. The molecule has 0 spiro atoms. The van der Waals surface area contributed by atoms with Gasteiger partial charge in [-0.1, -0.05) is 0 Å². The molecule has 0 saturated carbocycles. The van der Waals surface area contributed by atoms with Crippen LogP contribution in [-0.2, 0) is 24.2 Å². The third-order valence-electron chi connectivity index (χ3n) is 3.52. The fraction of sp³-hybridized carbons (Fsp3) is 0.818. The summed E-state index contributed by atoms with van der Waals surface area (Å²) in [6.07, 6.45) is -1.01. The Morgan fingerprint density at radius 1 is 1.26 bits per heavy atom. The maximum absolute atomic E-state index is 12.2. The van der Waals surface area contributed by atoms with Crippen LogP contribution in [0.2, 0.25) is 0 Å². The molecule has 0 aromatic heterocycles. The van der Waals surface area contributed by atoms with E-state index in [2.05, 4.69) is 0 Å². The van der Waals surface area contributed by atoms with Gasteiger partial charge in [0.05, 0.1) is 11.5 Å². The van der Waals surface area contributed by atoms with E-state index in [0.29, 0.717) is 12.8 Å². The summed E-state index contributed by atoms with van der Waals surface area (Å²) in [4.78, 5) is 24.5. The lowest BCUT2D eigenvalue weighted by molar-refractivity contribution is -0.155. The summed E-state index contributed by atoms with van der Waals surface area (Å²) >= 11 is 0. The van der Waals surface area contributed by atoms with Crippen LogP contribution in [0.15, 0.2) is 0 Å². The van der Waals surface area contributed by atoms with Crippen LogP contribution in [0.25, 0.3) is 0 Å². The molecule has 1 N–H and O–H groups in total. The van der Waals surface area contributed by atoms with Crippen LogP contribution in [0.1, 0.15) is 19.8 Å². The van der Waals surface area contributed by atoms with E-state index in [4.69, 9.17) is 9.84 Å². The van der Waals surface area contributed by atoms with Gasteiger partial charge in [0, 0.05) is 12.6 Å². The second-order valence-electron chi connectivity index (χ2n) is 5.02. The maximum Gasteiger partial charge on any atom is 0.332 e. The van der Waals surface area contributed by atoms with Gasteiger partial charge >= 0.3 is 5.97 Å². The van der Waals surface area contributed by atoms with Gasteiger partial charge in [0.15, 0.2) is 15.9 Å². The van der Waals surface area contributed by atoms with Crippen LogP contribution in [0, 0.1) is 0 Å². The number of amides is 1. The van der Waals surface area contributed by atoms with Crippen molar-refractivity contribution in [3.8, 4) is 0 Å². The molecule has 0 radical (unpaired) electrons. The molecule has 0 aromatic carbocycles. The highest BCUT2D eigenvalue weighted by Crippen LogP contribution is 2.23. The van der Waals surface area contributed by atoms with Crippen LogP contribution in [-0.4, -0.2) is 66.6 Å². The number of carbonyl (C=O) groups excluding carboxylic acids is 1. The average Bonchev–Trinajstić information content (AvgIpc) is 2.76. The molecule has 2 aliphatic heterocycles. The van der Waals surface area contributed by atoms with Crippen LogP contribution < -0.4 is 0 Å². The molecule has 19 heavy (non-hydrogen) atoms. The van der Waals surface area contributed by atoms with E-state index in [9.17, 15) is 18.0 Å². The molecule has 2 fully saturated rings. The second-order valence-corrected chi connectivity index (χ2v) is 7.25. The fourth-order valence-electron chi connectivity index (χ4n) is 2.51. The molecule has 0 aliphatic carbocycles. The predicted molar refractivity (Wildman–Crippen MR) is 65.4 cm³/mol. The monoisotopic (exact) mass is 291 g/mol. The topological polar surface area (TPSA) is 101 Å². The number of carboxylic acid groups (broad SMARTS) is 1. The fourth-order valence-corrected chi connectivity index (χ4v) is 4.07. The maximum atomic E-state index is 12.2. The van der Waals surface area contributed by atoms with Crippen molar-refractivity contribution >= 4 is 21.7 Å². The number of hydrogen-bond donors (Lipinski definition) is 1. The summed E-state index contributed by atoms with van der Waals surface area (Å²) in [5.74, 6) is -1.46. The normalized spacial score (nSPS) is 34.2. The minimum atomic E-state index is -3.07. The molecule has 2 rings (SSSR count). The second kappa shape index (κ2) is 5.09. The van der Waals surface area contributed by atoms with Crippen molar-refractivity contribution in [3.63, 3.8) is 0 Å². The van der Waals surface area contributed by atoms with Gasteiger partial charge in [-0.3, -0.25) is 4.79 Å². The van der Waals surface area contributed by atoms with Gasteiger partial charge in [-0.2, -0.15) is 0 Å². The predicted octanol–water partition coefficient (Wildman–Crippen LogP) is -0.736. The van der Waals surface area contributed by atoms with Gasteiger partial charge in [0.2, 0.25) is 0 Å². The minimum Gasteiger partial charge on any atom is -0.479 e. The van der Waals surface area contributed by atoms with Gasteiger partial charge in [0.1, 0.15) is 6.10 Å². The van der Waals surface area contributed by atoms with Crippen molar-refractivity contribution < 1.29 is 27.9 Å². The molecule has 2 saturated heterocycles. The molecule has 7 nitrogen and oxygen atoms in total. The quantitative estimate of drug-likeness (QED) is 0.719. The Bertz CT molecular complexity index is 487. The number of rotatable bonds is 2. The van der Waals surface area contributed by atoms with Crippen molar-refractivity contribution in [2.24, 2.45) is 0 Å². The summed E-state index contributed by atoms with van der Waals surface area (Å²) in [6.45, 7) is 1.83. The molecule has 1 amide bonds. The smallest absolute Gasteiger partial charge is 0.332 e. The van der Waals surface area contributed by atoms with Gasteiger partial charge < -0.3 is 14.7 Å². The van der Waals surface area contributed by atoms with Crippen molar-refractivity contribution in [2.45, 2.75) is 38.0 Å². The Balaban J connectivity index is 2.00. The summed E-state index contributed by atoms with van der Waals surface area (Å²) in [5.41, 5.74) is 0. The zero-order chi connectivity index (χ0) is 14.2. The van der Waals surface area contributed by atoms with E-state index < -0.39 is 34.1 Å². The van der Waals surface area contributed by atoms with E-state index >= 15 is 0 Å². The first-order chi connectivity index (χ1) is 8.80. The first-order valence-electron chi connectivity index (χ1n) is 6.19. The van der Waals surface area contributed by atoms with E-state index in [1.165, 1.54) is 4.90 Å². The highest BCUT2D eigenvalue weighted by Gasteiger charge is 2.40. The Morgan fingerprint density at radius 2 is 1.89 bits per heavy atom. The van der Waals surface area contributed by atoms with E-state index in [-0.39, 0.29) is 24.0 Å². The van der Waals surface area contributed by atoms with E-state index in [1.807, 2.05) is 0 Å². The SMILES string of the molecule is CC1CS(=O)(=O)CCN1C(=O)C1CCC(C(=O)O)O1. The molecular formula is C11H17NO6S. The summed E-state index contributed by atoms with van der Waals surface area (Å²) in [5, 5.41) is 8.81. The lowest BCUT2D eigenvalue weighted by Gasteiger charge is -2.34. The van der Waals surface area contributed by atoms with Gasteiger partial charge in [-0.15, -0.1) is 0 Å². The Hall–Kier alpha value is -1.15. The third-order valence-corrected chi connectivity index (χ3v) is 5.32. The number of aliphatic carboxylic acids is 1. The van der Waals surface area contributed by atoms with Gasteiger partial charge in [-0.05, 0) is 19.8 Å². The molecule has 3 atom stereocenters. The highest BCUT2D eigenvalue weighted by molar-refractivity contribution is 7.91. The highest BCUT2D eigenvalue weighted by atomic mass is 32.2. The Morgan fingerprint density at radius 3 is 2.42 bits per heavy atom. The summed E-state index contributed by atoms with van der Waals surface area (Å²) < 4.78 is 28.1. The molecule has 0 bridgehead atoms. The van der Waals surface area contributed by atoms with Crippen LogP contribution in [0.3, 0.4) is 0 Å². The number of sulfone groups is 1. The number of hydrogen-bond acceptors (Lipinski definition) is 5. The van der Waals surface area contributed by atoms with Crippen LogP contribution in [0.4, 0.5) is 0 Å². The lowest BCUT2D eigenvalue weighted by atomic mass is 10.1. The molecule has 0 aromatic rings. The number of ether oxygens (including phenoxy) is 1. The molecule has 8 heteroatoms. The first-order valence-corrected chi connectivity index (χ1v) is 8.01. The number of carboxylic acids is 1. The van der Waals surface area contributed by atoms with Crippen LogP contribution in [0.5, 0.6) is 0 Å². The molecular weight excluding hydrogens is 274 g/mol. The van der Waals surface area contributed by atoms with Crippen molar-refractivity contribution in [1.82, 2.24) is 4.90 Å². The first kappa shape index (κ1) is 14.3. The molecule has 2 heterocycles. The van der Waals surface area contributed by atoms with Crippen molar-refractivity contribution in [2.75, 3.05) is 18.1 Å². The minimum absolute atomic E-state index is 0.0435. The average molecular weight is 291 g/mol. The number of nitrogens with zero attached hydrogens (tertiary/aromatic N) is 1. The molecule has 2 aliphatic rings. The zero-order valence-corrected chi connectivity index (χ0v) is 11.4. The number of carbonyl (C=O) groups is 2.